The first-order valence-electron chi connectivity index (χ1n) is 20.4. The van der Waals surface area contributed by atoms with Crippen LogP contribution in [0.4, 0.5) is 0 Å². The molecule has 0 bridgehead atoms. The zero-order valence-electron chi connectivity index (χ0n) is 34.1. The number of nitrogens with zero attached hydrogens (tertiary/aromatic N) is 3. The van der Waals surface area contributed by atoms with Crippen LogP contribution in [0.3, 0.4) is 0 Å². The van der Waals surface area contributed by atoms with Gasteiger partial charge in [0, 0.05) is 37.4 Å². The second kappa shape index (κ2) is 16.7. The van der Waals surface area contributed by atoms with Crippen molar-refractivity contribution in [1.82, 2.24) is 14.5 Å². The first-order valence-corrected chi connectivity index (χ1v) is 20.4. The van der Waals surface area contributed by atoms with Gasteiger partial charge in [-0.1, -0.05) is 105 Å². The molecule has 7 aromatic carbocycles. The first kappa shape index (κ1) is 39.7. The minimum Gasteiger partial charge on any atom is -0.497 e. The van der Waals surface area contributed by atoms with Crippen molar-refractivity contribution in [2.24, 2.45) is 0 Å². The minimum atomic E-state index is 0. The fourth-order valence-corrected chi connectivity index (χ4v) is 8.06. The molecule has 1 aliphatic heterocycles. The fourth-order valence-electron chi connectivity index (χ4n) is 8.06. The number of aromatic nitrogens is 3. The third-order valence-corrected chi connectivity index (χ3v) is 11.0. The maximum Gasteiger partial charge on any atom is 0.212 e. The van der Waals surface area contributed by atoms with Gasteiger partial charge in [0.25, 0.3) is 0 Å². The average molecular weight is 972 g/mol. The molecule has 0 N–H and O–H groups in total. The Labute approximate surface area is 368 Å². The molecule has 0 amide bonds. The average Bonchev–Trinajstić information content (AvgIpc) is 3.88. The number of ether oxygens (including phenoxy) is 2. The van der Waals surface area contributed by atoms with E-state index in [1.807, 2.05) is 91.0 Å². The first-order chi connectivity index (χ1) is 29.4. The van der Waals surface area contributed by atoms with Crippen LogP contribution in [-0.4, -0.2) is 14.5 Å². The Bertz CT molecular complexity index is 3090. The van der Waals surface area contributed by atoms with Gasteiger partial charge in [0.15, 0.2) is 22.8 Å². The molecule has 0 spiro atoms. The normalized spacial score (nSPS) is 11.7. The predicted molar refractivity (Wildman–Crippen MR) is 241 cm³/mol. The topological polar surface area (TPSA) is 62.3 Å². The van der Waals surface area contributed by atoms with Crippen molar-refractivity contribution in [2.75, 3.05) is 0 Å². The summed E-state index contributed by atoms with van der Waals surface area (Å²) in [4.78, 5) is 9.51. The Morgan fingerprint density at radius 1 is 0.574 bits per heavy atom. The van der Waals surface area contributed by atoms with E-state index in [0.29, 0.717) is 34.2 Å². The maximum atomic E-state index is 6.78. The van der Waals surface area contributed by atoms with Crippen molar-refractivity contribution in [3.8, 4) is 62.5 Å². The van der Waals surface area contributed by atoms with Gasteiger partial charge in [0.2, 0.25) is 5.75 Å². The smallest absolute Gasteiger partial charge is 0.212 e. The van der Waals surface area contributed by atoms with E-state index in [4.69, 9.17) is 18.9 Å². The molecule has 61 heavy (non-hydrogen) atoms. The molecule has 1 aliphatic rings. The van der Waals surface area contributed by atoms with Gasteiger partial charge < -0.3 is 23.4 Å². The number of imidazole rings is 1. The van der Waals surface area contributed by atoms with Crippen molar-refractivity contribution >= 4 is 33.0 Å². The zero-order valence-corrected chi connectivity index (χ0v) is 36.5. The van der Waals surface area contributed by atoms with Crippen LogP contribution in [0.5, 0.6) is 23.0 Å². The summed E-state index contributed by atoms with van der Waals surface area (Å²) in [5.41, 5.74) is 12.2. The van der Waals surface area contributed by atoms with Crippen LogP contribution in [0.2, 0.25) is 0 Å². The molecule has 7 heteroatoms. The molecule has 3 aromatic heterocycles. The molecule has 1 radical (unpaired) electrons. The number of para-hydroxylation sites is 4. The molecule has 0 saturated carbocycles. The Morgan fingerprint density at radius 3 is 1.98 bits per heavy atom. The van der Waals surface area contributed by atoms with Gasteiger partial charge in [-0.15, -0.1) is 54.1 Å². The van der Waals surface area contributed by atoms with Crippen LogP contribution in [0.15, 0.2) is 168 Å². The largest absolute Gasteiger partial charge is 0.497 e. The summed E-state index contributed by atoms with van der Waals surface area (Å²) in [6.45, 7) is 9.08. The van der Waals surface area contributed by atoms with Crippen LogP contribution >= 0.6 is 0 Å². The Morgan fingerprint density at radius 2 is 1.26 bits per heavy atom. The van der Waals surface area contributed by atoms with Crippen molar-refractivity contribution in [3.63, 3.8) is 0 Å². The molecule has 10 aromatic rings. The van der Waals surface area contributed by atoms with Crippen LogP contribution in [0.1, 0.15) is 50.7 Å². The maximum absolute atomic E-state index is 6.78. The molecule has 0 saturated heterocycles. The molecule has 0 unspecified atom stereocenters. The third kappa shape index (κ3) is 7.30. The SMILES string of the molecule is CC(C)c1cc(-c2ccccc2)cc(C(C)C)c1-n1c(-c2[c-]ccc3c2oc2c4c(ccc23)Oc2ccccc2O4)nc2ccccc21.[Ir].[c-]1ccccc1-c1ccccn1. The zero-order chi connectivity index (χ0) is 40.7. The van der Waals surface area contributed by atoms with E-state index in [2.05, 4.69) is 116 Å². The van der Waals surface area contributed by atoms with Gasteiger partial charge in [-0.3, -0.25) is 4.98 Å². The van der Waals surface area contributed by atoms with Gasteiger partial charge in [0.1, 0.15) is 0 Å². The van der Waals surface area contributed by atoms with Crippen molar-refractivity contribution in [3.05, 3.63) is 187 Å². The van der Waals surface area contributed by atoms with Crippen LogP contribution < -0.4 is 9.47 Å². The second-order valence-electron chi connectivity index (χ2n) is 15.5. The van der Waals surface area contributed by atoms with Gasteiger partial charge in [0.05, 0.1) is 22.4 Å². The molecule has 0 aliphatic carbocycles. The van der Waals surface area contributed by atoms with Gasteiger partial charge >= 0.3 is 0 Å². The van der Waals surface area contributed by atoms with Crippen LogP contribution in [0, 0.1) is 12.1 Å². The van der Waals surface area contributed by atoms with E-state index < -0.39 is 0 Å². The fraction of sp³-hybridized carbons (Fsp3) is 0.111. The van der Waals surface area contributed by atoms with E-state index in [-0.39, 0.29) is 31.9 Å². The molecular formula is C54H41IrN3O3-2. The second-order valence-corrected chi connectivity index (χ2v) is 15.5. The minimum absolute atomic E-state index is 0. The Balaban J connectivity index is 0.000000316. The summed E-state index contributed by atoms with van der Waals surface area (Å²) in [5.74, 6) is 3.84. The molecule has 4 heterocycles. The van der Waals surface area contributed by atoms with Crippen LogP contribution in [-0.2, 0) is 20.1 Å². The van der Waals surface area contributed by atoms with Crippen molar-refractivity contribution in [2.45, 2.75) is 39.5 Å². The van der Waals surface area contributed by atoms with E-state index in [9.17, 15) is 0 Å². The molecule has 11 rings (SSSR count). The summed E-state index contributed by atoms with van der Waals surface area (Å²) >= 11 is 0. The van der Waals surface area contributed by atoms with E-state index in [0.717, 1.165) is 50.1 Å². The number of hydrogen-bond donors (Lipinski definition) is 0. The van der Waals surface area contributed by atoms with E-state index in [1.54, 1.807) is 6.20 Å². The van der Waals surface area contributed by atoms with Crippen molar-refractivity contribution in [1.29, 1.82) is 0 Å². The van der Waals surface area contributed by atoms with Crippen LogP contribution in [0.25, 0.3) is 72.4 Å². The van der Waals surface area contributed by atoms with Gasteiger partial charge in [-0.05, 0) is 94.4 Å². The summed E-state index contributed by atoms with van der Waals surface area (Å²) < 4.78 is 21.7. The number of furan rings is 1. The summed E-state index contributed by atoms with van der Waals surface area (Å²) in [6, 6.07) is 59.8. The summed E-state index contributed by atoms with van der Waals surface area (Å²) in [6.07, 6.45) is 1.79. The third-order valence-electron chi connectivity index (χ3n) is 11.0. The summed E-state index contributed by atoms with van der Waals surface area (Å²) in [5, 5.41) is 1.91. The van der Waals surface area contributed by atoms with Gasteiger partial charge in [-0.25, -0.2) is 0 Å². The number of pyridine rings is 1. The monoisotopic (exact) mass is 972 g/mol. The molecular weight excluding hydrogens is 931 g/mol. The summed E-state index contributed by atoms with van der Waals surface area (Å²) in [7, 11) is 0. The number of fused-ring (bicyclic) bond motifs is 7. The van der Waals surface area contributed by atoms with Crippen molar-refractivity contribution < 1.29 is 34.0 Å². The van der Waals surface area contributed by atoms with E-state index in [1.165, 1.54) is 22.3 Å². The Hall–Kier alpha value is -6.79. The molecule has 301 valence electrons. The number of benzene rings is 7. The Kier molecular flexibility index (Phi) is 10.9. The quantitative estimate of drug-likeness (QED) is 0.155. The molecule has 6 nitrogen and oxygen atoms in total. The number of hydrogen-bond acceptors (Lipinski definition) is 5. The van der Waals surface area contributed by atoms with E-state index >= 15 is 0 Å². The number of rotatable bonds is 6. The molecule has 0 fully saturated rings. The molecule has 0 atom stereocenters. The van der Waals surface area contributed by atoms with Gasteiger partial charge in [-0.2, -0.15) is 0 Å². The standard InChI is InChI=1S/C43H33N2O3.C11H8N.Ir/c1-25(2)32-23-28(27-13-6-5-7-14-27)24-33(26(3)4)39(32)45-35-18-9-8-17-34(35)44-43(45)31-16-12-15-29-30-21-22-38-42(41(30)48-40(29)31)47-37-20-11-10-19-36(37)46-38;1-2-6-10(7-3-1)11-8-4-5-9-12-11;/h5-15,17-26H,1-4H3;1-6,8-9H;/q2*-1;. The predicted octanol–water partition coefficient (Wildman–Crippen LogP) is 14.8.